The van der Waals surface area contributed by atoms with Crippen LogP contribution >= 0.6 is 0 Å². The van der Waals surface area contributed by atoms with E-state index in [1.165, 1.54) is 0 Å². The summed E-state index contributed by atoms with van der Waals surface area (Å²) >= 11 is 0. The predicted octanol–water partition coefficient (Wildman–Crippen LogP) is 0.812. The zero-order chi connectivity index (χ0) is 9.68. The Kier molecular flexibility index (Phi) is 3.47. The van der Waals surface area contributed by atoms with Gasteiger partial charge < -0.3 is 0 Å². The van der Waals surface area contributed by atoms with Gasteiger partial charge in [-0.05, 0) is 6.42 Å². The molecule has 0 amide bonds. The highest BCUT2D eigenvalue weighted by Gasteiger charge is 2.03. The molecule has 0 aromatic carbocycles. The summed E-state index contributed by atoms with van der Waals surface area (Å²) in [4.78, 5) is 0. The van der Waals surface area contributed by atoms with E-state index in [-0.39, 0.29) is 6.04 Å². The zero-order valence-corrected chi connectivity index (χ0v) is 7.99. The molecule has 1 atom stereocenters. The molecule has 0 saturated carbocycles. The first-order chi connectivity index (χ1) is 6.26. The van der Waals surface area contributed by atoms with E-state index < -0.39 is 0 Å². The highest BCUT2D eigenvalue weighted by Crippen LogP contribution is 1.97. The lowest BCUT2D eigenvalue weighted by Crippen LogP contribution is -2.25. The largest absolute Gasteiger partial charge is 0.298 e. The van der Waals surface area contributed by atoms with E-state index in [1.807, 2.05) is 20.2 Å². The van der Waals surface area contributed by atoms with Crippen molar-refractivity contribution >= 4 is 0 Å². The highest BCUT2D eigenvalue weighted by atomic mass is 15.2. The summed E-state index contributed by atoms with van der Waals surface area (Å²) < 4.78 is 1.75. The van der Waals surface area contributed by atoms with Crippen molar-refractivity contribution < 1.29 is 0 Å². The van der Waals surface area contributed by atoms with Gasteiger partial charge in [-0.1, -0.05) is 6.92 Å². The van der Waals surface area contributed by atoms with Gasteiger partial charge in [0.1, 0.15) is 0 Å². The number of hydrogen-bond acceptors (Lipinski definition) is 3. The molecule has 1 rings (SSSR count). The van der Waals surface area contributed by atoms with Gasteiger partial charge in [-0.25, -0.2) is 0 Å². The van der Waals surface area contributed by atoms with Crippen molar-refractivity contribution in [3.63, 3.8) is 0 Å². The van der Waals surface area contributed by atoms with Crippen LogP contribution < -0.4 is 5.32 Å². The topological polar surface area (TPSA) is 53.6 Å². The molecule has 1 aromatic heterocycles. The van der Waals surface area contributed by atoms with Crippen molar-refractivity contribution in [3.8, 4) is 6.07 Å². The van der Waals surface area contributed by atoms with Crippen LogP contribution in [-0.2, 0) is 13.6 Å². The first kappa shape index (κ1) is 9.75. The van der Waals surface area contributed by atoms with Crippen LogP contribution in [0.3, 0.4) is 0 Å². The lowest BCUT2D eigenvalue weighted by atomic mass is 10.2. The minimum atomic E-state index is -0.0554. The van der Waals surface area contributed by atoms with Gasteiger partial charge in [0, 0.05) is 25.4 Å². The molecule has 1 unspecified atom stereocenters. The van der Waals surface area contributed by atoms with Crippen LogP contribution in [0.2, 0.25) is 0 Å². The lowest BCUT2D eigenvalue weighted by Gasteiger charge is -2.06. The number of rotatable bonds is 4. The Morgan fingerprint density at radius 2 is 2.54 bits per heavy atom. The van der Waals surface area contributed by atoms with E-state index in [4.69, 9.17) is 5.26 Å². The van der Waals surface area contributed by atoms with Crippen LogP contribution in [0, 0.1) is 11.3 Å². The average Bonchev–Trinajstić information content (AvgIpc) is 2.53. The molecule has 0 aliphatic carbocycles. The Hall–Kier alpha value is -1.34. The molecule has 13 heavy (non-hydrogen) atoms. The van der Waals surface area contributed by atoms with E-state index in [0.29, 0.717) is 6.54 Å². The molecular formula is C9H14N4. The Morgan fingerprint density at radius 1 is 1.77 bits per heavy atom. The number of nitrogens with one attached hydrogen (secondary N) is 1. The van der Waals surface area contributed by atoms with Crippen molar-refractivity contribution in [2.45, 2.75) is 25.9 Å². The second-order valence-corrected chi connectivity index (χ2v) is 2.99. The average molecular weight is 178 g/mol. The van der Waals surface area contributed by atoms with Crippen molar-refractivity contribution in [1.29, 1.82) is 5.26 Å². The van der Waals surface area contributed by atoms with Crippen LogP contribution in [0.1, 0.15) is 18.9 Å². The molecule has 70 valence electrons. The van der Waals surface area contributed by atoms with Gasteiger partial charge >= 0.3 is 0 Å². The smallest absolute Gasteiger partial charge is 0.0952 e. The summed E-state index contributed by atoms with van der Waals surface area (Å²) in [6.07, 6.45) is 4.57. The number of aromatic nitrogens is 2. The summed E-state index contributed by atoms with van der Waals surface area (Å²) in [6, 6.07) is 2.14. The van der Waals surface area contributed by atoms with Crippen LogP contribution in [0.4, 0.5) is 0 Å². The maximum absolute atomic E-state index is 8.68. The molecule has 0 aliphatic rings. The van der Waals surface area contributed by atoms with Crippen LogP contribution in [0.15, 0.2) is 12.4 Å². The molecule has 1 N–H and O–H groups in total. The third kappa shape index (κ3) is 2.88. The van der Waals surface area contributed by atoms with Crippen molar-refractivity contribution in [2.75, 3.05) is 0 Å². The SMILES string of the molecule is CCC(C#N)NCc1cnn(C)c1. The first-order valence-corrected chi connectivity index (χ1v) is 4.36. The monoisotopic (exact) mass is 178 g/mol. The molecule has 1 aromatic rings. The fourth-order valence-corrected chi connectivity index (χ4v) is 1.09. The molecule has 0 spiro atoms. The fraction of sp³-hybridized carbons (Fsp3) is 0.556. The van der Waals surface area contributed by atoms with Crippen LogP contribution in [0.5, 0.6) is 0 Å². The van der Waals surface area contributed by atoms with E-state index in [1.54, 1.807) is 10.9 Å². The second kappa shape index (κ2) is 4.63. The predicted molar refractivity (Wildman–Crippen MR) is 49.7 cm³/mol. The summed E-state index contributed by atoms with van der Waals surface area (Å²) in [5.74, 6) is 0. The molecule has 0 aliphatic heterocycles. The van der Waals surface area contributed by atoms with Gasteiger partial charge in [-0.15, -0.1) is 0 Å². The maximum atomic E-state index is 8.68. The molecule has 4 nitrogen and oxygen atoms in total. The fourth-order valence-electron chi connectivity index (χ4n) is 1.09. The Bertz CT molecular complexity index is 297. The van der Waals surface area contributed by atoms with Gasteiger partial charge in [0.15, 0.2) is 0 Å². The summed E-state index contributed by atoms with van der Waals surface area (Å²) in [5, 5.41) is 15.9. The molecule has 4 heteroatoms. The summed E-state index contributed by atoms with van der Waals surface area (Å²) in [5.41, 5.74) is 1.11. The minimum absolute atomic E-state index is 0.0554. The number of hydrogen-bond donors (Lipinski definition) is 1. The van der Waals surface area contributed by atoms with E-state index >= 15 is 0 Å². The van der Waals surface area contributed by atoms with Crippen molar-refractivity contribution in [1.82, 2.24) is 15.1 Å². The molecular weight excluding hydrogens is 164 g/mol. The maximum Gasteiger partial charge on any atom is 0.0952 e. The van der Waals surface area contributed by atoms with Crippen LogP contribution in [-0.4, -0.2) is 15.8 Å². The third-order valence-electron chi connectivity index (χ3n) is 1.88. The first-order valence-electron chi connectivity index (χ1n) is 4.36. The van der Waals surface area contributed by atoms with Crippen LogP contribution in [0.25, 0.3) is 0 Å². The Morgan fingerprint density at radius 3 is 3.00 bits per heavy atom. The summed E-state index contributed by atoms with van der Waals surface area (Å²) in [7, 11) is 1.88. The quantitative estimate of drug-likeness (QED) is 0.742. The van der Waals surface area contributed by atoms with Gasteiger partial charge in [0.05, 0.1) is 18.3 Å². The lowest BCUT2D eigenvalue weighted by molar-refractivity contribution is 0.587. The molecule has 0 fully saturated rings. The summed E-state index contributed by atoms with van der Waals surface area (Å²) in [6.45, 7) is 2.70. The number of nitriles is 1. The van der Waals surface area contributed by atoms with Gasteiger partial charge in [-0.3, -0.25) is 10.00 Å². The highest BCUT2D eigenvalue weighted by molar-refractivity contribution is 5.04. The number of aryl methyl sites for hydroxylation is 1. The standard InChI is InChI=1S/C9H14N4/c1-3-9(4-10)11-5-8-6-12-13(2)7-8/h6-7,9,11H,3,5H2,1-2H3. The molecule has 1 heterocycles. The Labute approximate surface area is 78.2 Å². The zero-order valence-electron chi connectivity index (χ0n) is 7.99. The van der Waals surface area contributed by atoms with Crippen molar-refractivity contribution in [3.05, 3.63) is 18.0 Å². The Balaban J connectivity index is 2.39. The van der Waals surface area contributed by atoms with E-state index in [0.717, 1.165) is 12.0 Å². The normalized spacial score (nSPS) is 12.4. The molecule has 0 bridgehead atoms. The second-order valence-electron chi connectivity index (χ2n) is 2.99. The van der Waals surface area contributed by atoms with E-state index in [9.17, 15) is 0 Å². The molecule has 0 radical (unpaired) electrons. The number of nitrogens with zero attached hydrogens (tertiary/aromatic N) is 3. The molecule has 0 saturated heterocycles. The third-order valence-corrected chi connectivity index (χ3v) is 1.88. The van der Waals surface area contributed by atoms with Gasteiger partial charge in [-0.2, -0.15) is 10.4 Å². The minimum Gasteiger partial charge on any atom is -0.298 e. The van der Waals surface area contributed by atoms with E-state index in [2.05, 4.69) is 16.5 Å². The van der Waals surface area contributed by atoms with Crippen molar-refractivity contribution in [2.24, 2.45) is 7.05 Å². The van der Waals surface area contributed by atoms with Gasteiger partial charge in [0.2, 0.25) is 0 Å². The van der Waals surface area contributed by atoms with Gasteiger partial charge in [0.25, 0.3) is 0 Å².